The summed E-state index contributed by atoms with van der Waals surface area (Å²) in [5, 5.41) is 2.43. The van der Waals surface area contributed by atoms with E-state index in [9.17, 15) is 9.59 Å². The second kappa shape index (κ2) is 17.8. The van der Waals surface area contributed by atoms with Gasteiger partial charge >= 0.3 is 6.03 Å². The van der Waals surface area contributed by atoms with Crippen molar-refractivity contribution in [1.29, 1.82) is 0 Å². The summed E-state index contributed by atoms with van der Waals surface area (Å²) in [4.78, 5) is 19.6. The van der Waals surface area contributed by atoms with Crippen molar-refractivity contribution in [3.63, 3.8) is 0 Å². The summed E-state index contributed by atoms with van der Waals surface area (Å²) in [6.45, 7) is 8.27. The van der Waals surface area contributed by atoms with E-state index in [2.05, 4.69) is 5.32 Å². The van der Waals surface area contributed by atoms with Crippen LogP contribution in [0.5, 0.6) is 0 Å². The highest BCUT2D eigenvalue weighted by molar-refractivity contribution is 5.77. The lowest BCUT2D eigenvalue weighted by Crippen LogP contribution is -2.29. The van der Waals surface area contributed by atoms with Gasteiger partial charge in [0.15, 0.2) is 0 Å². The molecule has 0 aromatic carbocycles. The van der Waals surface area contributed by atoms with Gasteiger partial charge in [-0.3, -0.25) is 4.79 Å². The van der Waals surface area contributed by atoms with Crippen LogP contribution < -0.4 is 16.8 Å². The van der Waals surface area contributed by atoms with Crippen molar-refractivity contribution in [3.05, 3.63) is 0 Å². The summed E-state index contributed by atoms with van der Waals surface area (Å²) < 4.78 is 0. The number of nitrogens with two attached hydrogens (primary N) is 2. The highest BCUT2D eigenvalue weighted by Crippen LogP contribution is 1.66. The van der Waals surface area contributed by atoms with Crippen LogP contribution in [-0.2, 0) is 4.79 Å². The number of amides is 2. The molecule has 0 heterocycles. The summed E-state index contributed by atoms with van der Waals surface area (Å²) in [5.74, 6) is 0.0324. The lowest BCUT2D eigenvalue weighted by atomic mass is 10.5. The average Bonchev–Trinajstić information content (AvgIpc) is 2.18. The van der Waals surface area contributed by atoms with E-state index in [0.717, 1.165) is 6.42 Å². The largest absolute Gasteiger partial charge is 0.352 e. The first-order valence-corrected chi connectivity index (χ1v) is 4.77. The molecule has 0 bridgehead atoms. The first-order valence-electron chi connectivity index (χ1n) is 4.77. The van der Waals surface area contributed by atoms with Crippen LogP contribution in [0.3, 0.4) is 0 Å². The highest BCUT2D eigenvalue weighted by Gasteiger charge is 1.83. The van der Waals surface area contributed by atoms with Crippen LogP contribution >= 0.6 is 0 Å². The van der Waals surface area contributed by atoms with Gasteiger partial charge in [0.2, 0.25) is 0 Å². The minimum atomic E-state index is -0.443. The molecule has 0 spiro atoms. The van der Waals surface area contributed by atoms with Crippen molar-refractivity contribution in [3.8, 4) is 0 Å². The van der Waals surface area contributed by atoms with Gasteiger partial charge in [-0.15, -0.1) is 0 Å². The second-order valence-electron chi connectivity index (χ2n) is 2.20. The molecule has 5 N–H and O–H groups in total. The number of hydrogen-bond acceptors (Lipinski definition) is 3. The standard InChI is InChI=1S/C4H10N2O.C3H7NO.C2H6/c1-2-3-6-4(5)7;1-3(5)2-4;1-2/h2-3H2,1H3,(H3,5,6,7);2,4H2,1H3;1-2H3. The Kier molecular flexibility index (Phi) is 23.8. The number of primary amides is 1. The number of carbonyl (C=O) groups is 2. The van der Waals surface area contributed by atoms with Gasteiger partial charge in [-0.25, -0.2) is 4.79 Å². The molecule has 0 aliphatic heterocycles. The fourth-order valence-electron chi connectivity index (χ4n) is 0.248. The Bertz CT molecular complexity index is 138. The monoisotopic (exact) mass is 205 g/mol. The van der Waals surface area contributed by atoms with Crippen molar-refractivity contribution >= 4 is 11.8 Å². The molecule has 0 fully saturated rings. The lowest BCUT2D eigenvalue weighted by molar-refractivity contribution is -0.115. The molecule has 5 nitrogen and oxygen atoms in total. The SMILES string of the molecule is CC.CC(=O)CN.CCCNC(N)=O. The molecule has 0 aliphatic rings. The van der Waals surface area contributed by atoms with E-state index >= 15 is 0 Å². The maximum atomic E-state index is 9.87. The molecule has 0 saturated carbocycles. The minimum absolute atomic E-state index is 0.0324. The number of hydrogen-bond donors (Lipinski definition) is 3. The fourth-order valence-corrected chi connectivity index (χ4v) is 0.248. The Hall–Kier alpha value is -1.10. The van der Waals surface area contributed by atoms with Gasteiger partial charge in [-0.2, -0.15) is 0 Å². The highest BCUT2D eigenvalue weighted by atomic mass is 16.2. The molecule has 14 heavy (non-hydrogen) atoms. The maximum Gasteiger partial charge on any atom is 0.312 e. The number of carbonyl (C=O) groups excluding carboxylic acids is 2. The lowest BCUT2D eigenvalue weighted by Gasteiger charge is -1.93. The molecule has 0 unspecified atom stereocenters. The van der Waals surface area contributed by atoms with E-state index in [1.54, 1.807) is 0 Å². The molecular weight excluding hydrogens is 182 g/mol. The van der Waals surface area contributed by atoms with Gasteiger partial charge in [-0.05, 0) is 13.3 Å². The van der Waals surface area contributed by atoms with Crippen LogP contribution in [0.25, 0.3) is 0 Å². The molecule has 5 heteroatoms. The number of urea groups is 1. The van der Waals surface area contributed by atoms with Gasteiger partial charge < -0.3 is 16.8 Å². The zero-order valence-corrected chi connectivity index (χ0v) is 9.59. The van der Waals surface area contributed by atoms with Crippen molar-refractivity contribution < 1.29 is 9.59 Å². The van der Waals surface area contributed by atoms with E-state index in [1.165, 1.54) is 6.92 Å². The molecule has 0 rings (SSSR count). The Morgan fingerprint density at radius 2 is 1.64 bits per heavy atom. The average molecular weight is 205 g/mol. The van der Waals surface area contributed by atoms with Crippen LogP contribution in [0, 0.1) is 0 Å². The number of ketones is 1. The van der Waals surface area contributed by atoms with Gasteiger partial charge in [0.05, 0.1) is 6.54 Å². The van der Waals surface area contributed by atoms with E-state index in [4.69, 9.17) is 11.5 Å². The van der Waals surface area contributed by atoms with E-state index in [-0.39, 0.29) is 12.3 Å². The zero-order chi connectivity index (χ0) is 12.0. The third-order valence-corrected chi connectivity index (χ3v) is 0.837. The maximum absolute atomic E-state index is 9.87. The fraction of sp³-hybridized carbons (Fsp3) is 0.778. The van der Waals surface area contributed by atoms with Crippen LogP contribution in [0.15, 0.2) is 0 Å². The molecular formula is C9H23N3O2. The third-order valence-electron chi connectivity index (χ3n) is 0.837. The molecule has 0 atom stereocenters. The molecule has 2 amide bonds. The van der Waals surface area contributed by atoms with Gasteiger partial charge in [0.1, 0.15) is 5.78 Å². The Balaban J connectivity index is -0.000000152. The molecule has 86 valence electrons. The molecule has 0 aromatic rings. The molecule has 0 aromatic heterocycles. The van der Waals surface area contributed by atoms with Crippen LogP contribution in [0.1, 0.15) is 34.1 Å². The molecule has 0 saturated heterocycles. The summed E-state index contributed by atoms with van der Waals surface area (Å²) in [7, 11) is 0. The van der Waals surface area contributed by atoms with E-state index in [0.29, 0.717) is 6.54 Å². The molecule has 0 aliphatic carbocycles. The summed E-state index contributed by atoms with van der Waals surface area (Å²) in [5.41, 5.74) is 9.55. The Morgan fingerprint density at radius 1 is 1.29 bits per heavy atom. The summed E-state index contributed by atoms with van der Waals surface area (Å²) >= 11 is 0. The van der Waals surface area contributed by atoms with Crippen LogP contribution in [-0.4, -0.2) is 24.9 Å². The summed E-state index contributed by atoms with van der Waals surface area (Å²) in [6, 6.07) is -0.443. The predicted octanol–water partition coefficient (Wildman–Crippen LogP) is 0.625. The van der Waals surface area contributed by atoms with Crippen molar-refractivity contribution in [2.45, 2.75) is 34.1 Å². The number of nitrogens with one attached hydrogen (secondary N) is 1. The normalized spacial score (nSPS) is 7.21. The Labute approximate surface area is 86.2 Å². The van der Waals surface area contributed by atoms with Gasteiger partial charge in [0, 0.05) is 6.54 Å². The van der Waals surface area contributed by atoms with E-state index < -0.39 is 6.03 Å². The summed E-state index contributed by atoms with van der Waals surface area (Å²) in [6.07, 6.45) is 0.933. The van der Waals surface area contributed by atoms with Crippen molar-refractivity contribution in [2.24, 2.45) is 11.5 Å². The van der Waals surface area contributed by atoms with Crippen LogP contribution in [0.2, 0.25) is 0 Å². The molecule has 0 radical (unpaired) electrons. The minimum Gasteiger partial charge on any atom is -0.352 e. The first kappa shape index (κ1) is 18.6. The number of rotatable bonds is 3. The quantitative estimate of drug-likeness (QED) is 0.630. The third kappa shape index (κ3) is 44.5. The number of Topliss-reactive ketones (excluding diaryl/α,β-unsaturated/α-hetero) is 1. The zero-order valence-electron chi connectivity index (χ0n) is 9.59. The van der Waals surface area contributed by atoms with Gasteiger partial charge in [0.25, 0.3) is 0 Å². The Morgan fingerprint density at radius 3 is 1.71 bits per heavy atom. The van der Waals surface area contributed by atoms with E-state index in [1.807, 2.05) is 20.8 Å². The smallest absolute Gasteiger partial charge is 0.312 e. The predicted molar refractivity (Wildman–Crippen MR) is 59.0 cm³/mol. The van der Waals surface area contributed by atoms with Crippen molar-refractivity contribution in [2.75, 3.05) is 13.1 Å². The van der Waals surface area contributed by atoms with Gasteiger partial charge in [-0.1, -0.05) is 20.8 Å². The topological polar surface area (TPSA) is 98.2 Å². The van der Waals surface area contributed by atoms with Crippen molar-refractivity contribution in [1.82, 2.24) is 5.32 Å². The second-order valence-corrected chi connectivity index (χ2v) is 2.20. The first-order chi connectivity index (χ1) is 6.54. The van der Waals surface area contributed by atoms with Crippen LogP contribution in [0.4, 0.5) is 4.79 Å².